The molecule has 0 saturated heterocycles. The highest BCUT2D eigenvalue weighted by Crippen LogP contribution is 2.26. The lowest BCUT2D eigenvalue weighted by Gasteiger charge is -2.08. The number of benzene rings is 1. The molecular weight excluding hydrogens is 311 g/mol. The second-order valence-corrected chi connectivity index (χ2v) is 5.20. The van der Waals surface area contributed by atoms with Crippen molar-refractivity contribution in [3.63, 3.8) is 0 Å². The summed E-state index contributed by atoms with van der Waals surface area (Å²) in [4.78, 5) is 20.2. The van der Waals surface area contributed by atoms with E-state index in [1.165, 1.54) is 6.20 Å². The fraction of sp³-hybridized carbons (Fsp3) is 0.267. The van der Waals surface area contributed by atoms with Gasteiger partial charge in [0, 0.05) is 22.7 Å². The monoisotopic (exact) mass is 324 g/mol. The summed E-state index contributed by atoms with van der Waals surface area (Å²) in [6.45, 7) is 3.81. The van der Waals surface area contributed by atoms with E-state index in [2.05, 4.69) is 9.97 Å². The molecule has 1 aromatic carbocycles. The Morgan fingerprint density at radius 3 is 2.52 bits per heavy atom. The van der Waals surface area contributed by atoms with Crippen LogP contribution >= 0.6 is 23.2 Å². The zero-order valence-electron chi connectivity index (χ0n) is 11.7. The molecule has 2 aromatic rings. The van der Waals surface area contributed by atoms with E-state index in [-0.39, 0.29) is 0 Å². The molecule has 21 heavy (non-hydrogen) atoms. The van der Waals surface area contributed by atoms with Gasteiger partial charge in [-0.3, -0.25) is 0 Å². The molecule has 6 heteroatoms. The summed E-state index contributed by atoms with van der Waals surface area (Å²) in [5.41, 5.74) is 1.71. The molecule has 0 radical (unpaired) electrons. The largest absolute Gasteiger partial charge is 0.462 e. The topological polar surface area (TPSA) is 52.1 Å². The summed E-state index contributed by atoms with van der Waals surface area (Å²) in [6, 6.07) is 5.31. The molecule has 0 aliphatic rings. The van der Waals surface area contributed by atoms with Gasteiger partial charge in [-0.2, -0.15) is 0 Å². The van der Waals surface area contributed by atoms with Crippen LogP contribution in [0.3, 0.4) is 0 Å². The highest BCUT2D eigenvalue weighted by molar-refractivity contribution is 6.36. The summed E-state index contributed by atoms with van der Waals surface area (Å²) < 4.78 is 4.94. The predicted octanol–water partition coefficient (Wildman–Crippen LogP) is 3.86. The average Bonchev–Trinajstić information content (AvgIpc) is 2.43. The number of rotatable bonds is 4. The summed E-state index contributed by atoms with van der Waals surface area (Å²) in [5, 5.41) is 1.14. The zero-order chi connectivity index (χ0) is 15.4. The third kappa shape index (κ3) is 3.71. The molecular formula is C15H14Cl2N2O2. The molecule has 110 valence electrons. The molecule has 4 nitrogen and oxygen atoms in total. The lowest BCUT2D eigenvalue weighted by molar-refractivity contribution is 0.0524. The van der Waals surface area contributed by atoms with Crippen LogP contribution < -0.4 is 0 Å². The first kappa shape index (κ1) is 15.7. The average molecular weight is 325 g/mol. The Bertz CT molecular complexity index is 654. The van der Waals surface area contributed by atoms with Crippen molar-refractivity contribution in [3.8, 4) is 0 Å². The molecule has 0 aliphatic heterocycles. The van der Waals surface area contributed by atoms with Gasteiger partial charge in [-0.15, -0.1) is 0 Å². The molecule has 2 rings (SSSR count). The highest BCUT2D eigenvalue weighted by atomic mass is 35.5. The summed E-state index contributed by atoms with van der Waals surface area (Å²) >= 11 is 12.3. The fourth-order valence-electron chi connectivity index (χ4n) is 1.87. The van der Waals surface area contributed by atoms with E-state index in [0.717, 1.165) is 5.56 Å². The molecule has 0 N–H and O–H groups in total. The Kier molecular flexibility index (Phi) is 5.15. The Hall–Kier alpha value is -1.65. The van der Waals surface area contributed by atoms with Gasteiger partial charge in [0.1, 0.15) is 5.82 Å². The Balaban J connectivity index is 2.27. The number of carbonyl (C=O) groups is 1. The second-order valence-electron chi connectivity index (χ2n) is 4.38. The SMILES string of the molecule is CCOC(=O)c1cnc(Cc2c(Cl)cccc2Cl)nc1C. The lowest BCUT2D eigenvalue weighted by Crippen LogP contribution is -2.10. The van der Waals surface area contributed by atoms with Gasteiger partial charge in [0.2, 0.25) is 0 Å². The van der Waals surface area contributed by atoms with Crippen molar-refractivity contribution in [1.82, 2.24) is 9.97 Å². The first-order valence-electron chi connectivity index (χ1n) is 6.45. The molecule has 0 unspecified atom stereocenters. The molecule has 0 atom stereocenters. The minimum absolute atomic E-state index is 0.315. The summed E-state index contributed by atoms with van der Waals surface area (Å²) in [5.74, 6) is 0.132. The van der Waals surface area contributed by atoms with Crippen molar-refractivity contribution in [2.45, 2.75) is 20.3 Å². The minimum atomic E-state index is -0.419. The second kappa shape index (κ2) is 6.87. The van der Waals surface area contributed by atoms with Gasteiger partial charge < -0.3 is 4.74 Å². The molecule has 0 fully saturated rings. The van der Waals surface area contributed by atoms with E-state index in [1.54, 1.807) is 32.0 Å². The van der Waals surface area contributed by atoms with Gasteiger partial charge in [0.25, 0.3) is 0 Å². The molecule has 0 amide bonds. The molecule has 1 aromatic heterocycles. The van der Waals surface area contributed by atoms with E-state index < -0.39 is 5.97 Å². The fourth-order valence-corrected chi connectivity index (χ4v) is 2.40. The summed E-state index contributed by atoms with van der Waals surface area (Å²) in [7, 11) is 0. The number of carbonyl (C=O) groups excluding carboxylic acids is 1. The predicted molar refractivity (Wildman–Crippen MR) is 82.0 cm³/mol. The maximum Gasteiger partial charge on any atom is 0.341 e. The normalized spacial score (nSPS) is 10.5. The van der Waals surface area contributed by atoms with Crippen LogP contribution in [0.4, 0.5) is 0 Å². The van der Waals surface area contributed by atoms with Crippen molar-refractivity contribution >= 4 is 29.2 Å². The standard InChI is InChI=1S/C15H14Cl2N2O2/c1-3-21-15(20)11-8-18-14(19-9(11)2)7-10-12(16)5-4-6-13(10)17/h4-6,8H,3,7H2,1-2H3. The highest BCUT2D eigenvalue weighted by Gasteiger charge is 2.14. The smallest absolute Gasteiger partial charge is 0.341 e. The van der Waals surface area contributed by atoms with Gasteiger partial charge >= 0.3 is 5.97 Å². The zero-order valence-corrected chi connectivity index (χ0v) is 13.2. The third-order valence-electron chi connectivity index (χ3n) is 2.92. The number of aryl methyl sites for hydroxylation is 1. The Morgan fingerprint density at radius 2 is 1.95 bits per heavy atom. The first-order valence-corrected chi connectivity index (χ1v) is 7.21. The molecule has 0 spiro atoms. The van der Waals surface area contributed by atoms with Crippen LogP contribution in [0.25, 0.3) is 0 Å². The van der Waals surface area contributed by atoms with Crippen molar-refractivity contribution in [2.75, 3.05) is 6.61 Å². The van der Waals surface area contributed by atoms with Crippen LogP contribution in [0.15, 0.2) is 24.4 Å². The molecule has 0 aliphatic carbocycles. The first-order chi connectivity index (χ1) is 10.0. The number of esters is 1. The number of aromatic nitrogens is 2. The quantitative estimate of drug-likeness (QED) is 0.801. The number of hydrogen-bond acceptors (Lipinski definition) is 4. The van der Waals surface area contributed by atoms with Gasteiger partial charge in [0.15, 0.2) is 0 Å². The molecule has 0 saturated carbocycles. The van der Waals surface area contributed by atoms with E-state index >= 15 is 0 Å². The number of hydrogen-bond donors (Lipinski definition) is 0. The van der Waals surface area contributed by atoms with Gasteiger partial charge in [0.05, 0.1) is 17.9 Å². The van der Waals surface area contributed by atoms with Crippen LogP contribution in [0.2, 0.25) is 10.0 Å². The van der Waals surface area contributed by atoms with E-state index in [0.29, 0.717) is 40.2 Å². The van der Waals surface area contributed by atoms with Crippen LogP contribution in [0.1, 0.15) is 34.4 Å². The van der Waals surface area contributed by atoms with E-state index in [4.69, 9.17) is 27.9 Å². The van der Waals surface area contributed by atoms with Crippen molar-refractivity contribution in [1.29, 1.82) is 0 Å². The van der Waals surface area contributed by atoms with Crippen LogP contribution in [-0.2, 0) is 11.2 Å². The number of halogens is 2. The van der Waals surface area contributed by atoms with Gasteiger partial charge in [-0.05, 0) is 31.5 Å². The number of nitrogens with zero attached hydrogens (tertiary/aromatic N) is 2. The maximum absolute atomic E-state index is 11.7. The van der Waals surface area contributed by atoms with E-state index in [1.807, 2.05) is 0 Å². The number of ether oxygens (including phenoxy) is 1. The maximum atomic E-state index is 11.7. The molecule has 0 bridgehead atoms. The Labute approximate surface area is 133 Å². The Morgan fingerprint density at radius 1 is 1.29 bits per heavy atom. The summed E-state index contributed by atoms with van der Waals surface area (Å²) in [6.07, 6.45) is 1.88. The third-order valence-corrected chi connectivity index (χ3v) is 3.63. The van der Waals surface area contributed by atoms with Crippen LogP contribution in [0.5, 0.6) is 0 Å². The van der Waals surface area contributed by atoms with Gasteiger partial charge in [-0.25, -0.2) is 14.8 Å². The van der Waals surface area contributed by atoms with Crippen LogP contribution in [-0.4, -0.2) is 22.5 Å². The lowest BCUT2D eigenvalue weighted by atomic mass is 10.1. The van der Waals surface area contributed by atoms with Crippen molar-refractivity contribution in [2.24, 2.45) is 0 Å². The van der Waals surface area contributed by atoms with Crippen LogP contribution in [0, 0.1) is 6.92 Å². The van der Waals surface area contributed by atoms with Crippen molar-refractivity contribution in [3.05, 3.63) is 57.1 Å². The van der Waals surface area contributed by atoms with Gasteiger partial charge in [-0.1, -0.05) is 29.3 Å². The molecule has 1 heterocycles. The minimum Gasteiger partial charge on any atom is -0.462 e. The van der Waals surface area contributed by atoms with E-state index in [9.17, 15) is 4.79 Å². The van der Waals surface area contributed by atoms with Crippen molar-refractivity contribution < 1.29 is 9.53 Å².